The van der Waals surface area contributed by atoms with Gasteiger partial charge < -0.3 is 10.3 Å². The van der Waals surface area contributed by atoms with E-state index in [0.29, 0.717) is 0 Å². The predicted octanol–water partition coefficient (Wildman–Crippen LogP) is 1.99. The molecule has 0 aliphatic carbocycles. The number of nitrogens with zero attached hydrogens (tertiary/aromatic N) is 2. The molecular formula is C10H5F4N3O2. The van der Waals surface area contributed by atoms with Gasteiger partial charge in [-0.1, -0.05) is 5.16 Å². The molecule has 0 radical (unpaired) electrons. The number of rotatable bonds is 2. The molecule has 0 aliphatic heterocycles. The molecule has 0 fully saturated rings. The van der Waals surface area contributed by atoms with Crippen molar-refractivity contribution in [2.45, 2.75) is 6.18 Å². The van der Waals surface area contributed by atoms with Gasteiger partial charge in [0, 0.05) is 5.56 Å². The van der Waals surface area contributed by atoms with Crippen LogP contribution in [0.25, 0.3) is 11.4 Å². The summed E-state index contributed by atoms with van der Waals surface area (Å²) in [6.07, 6.45) is -4.81. The normalized spacial score (nSPS) is 11.6. The first-order valence-corrected chi connectivity index (χ1v) is 4.79. The number of carbonyl (C=O) groups is 1. The van der Waals surface area contributed by atoms with E-state index in [-0.39, 0.29) is 11.1 Å². The molecule has 0 unspecified atom stereocenters. The van der Waals surface area contributed by atoms with E-state index in [9.17, 15) is 22.4 Å². The molecule has 5 nitrogen and oxygen atoms in total. The van der Waals surface area contributed by atoms with Gasteiger partial charge in [-0.2, -0.15) is 18.2 Å². The van der Waals surface area contributed by atoms with Crippen LogP contribution in [0.4, 0.5) is 17.6 Å². The van der Waals surface area contributed by atoms with E-state index in [1.54, 1.807) is 0 Å². The van der Waals surface area contributed by atoms with Crippen LogP contribution >= 0.6 is 0 Å². The average molecular weight is 275 g/mol. The van der Waals surface area contributed by atoms with E-state index in [4.69, 9.17) is 5.73 Å². The molecule has 1 amide bonds. The van der Waals surface area contributed by atoms with Crippen LogP contribution in [-0.4, -0.2) is 16.0 Å². The first-order chi connectivity index (χ1) is 8.79. The Hall–Kier alpha value is -2.45. The number of halogens is 4. The first-order valence-electron chi connectivity index (χ1n) is 4.79. The highest BCUT2D eigenvalue weighted by atomic mass is 19.4. The third-order valence-electron chi connectivity index (χ3n) is 2.16. The highest BCUT2D eigenvalue weighted by Gasteiger charge is 2.38. The van der Waals surface area contributed by atoms with Crippen molar-refractivity contribution in [3.8, 4) is 11.4 Å². The van der Waals surface area contributed by atoms with Crippen LogP contribution in [0.3, 0.4) is 0 Å². The number of nitrogens with two attached hydrogens (primary N) is 1. The lowest BCUT2D eigenvalue weighted by molar-refractivity contribution is -0.159. The van der Waals surface area contributed by atoms with Crippen molar-refractivity contribution >= 4 is 5.91 Å². The molecule has 2 N–H and O–H groups in total. The molecule has 0 saturated carbocycles. The standard InChI is InChI=1S/C10H5F4N3O2/c11-6-3-4(7(15)18)1-2-5(6)8-16-9(19-17-8)10(12,13)14/h1-3H,(H2,15,18). The molecule has 0 spiro atoms. The maximum absolute atomic E-state index is 13.6. The van der Waals surface area contributed by atoms with E-state index < -0.39 is 29.6 Å². The number of aromatic nitrogens is 2. The van der Waals surface area contributed by atoms with Crippen LogP contribution in [-0.2, 0) is 6.18 Å². The first kappa shape index (κ1) is 13.0. The molecule has 0 bridgehead atoms. The minimum absolute atomic E-state index is 0.124. The average Bonchev–Trinajstić information content (AvgIpc) is 2.77. The van der Waals surface area contributed by atoms with Crippen molar-refractivity contribution in [3.63, 3.8) is 0 Å². The highest BCUT2D eigenvalue weighted by molar-refractivity contribution is 5.93. The van der Waals surface area contributed by atoms with Gasteiger partial charge in [0.25, 0.3) is 0 Å². The SMILES string of the molecule is NC(=O)c1ccc(-c2noc(C(F)(F)F)n2)c(F)c1. The van der Waals surface area contributed by atoms with Crippen molar-refractivity contribution in [3.05, 3.63) is 35.5 Å². The van der Waals surface area contributed by atoms with E-state index in [0.717, 1.165) is 18.2 Å². The summed E-state index contributed by atoms with van der Waals surface area (Å²) in [5, 5.41) is 3.03. The van der Waals surface area contributed by atoms with Gasteiger partial charge in [-0.3, -0.25) is 4.79 Å². The van der Waals surface area contributed by atoms with Gasteiger partial charge in [0.15, 0.2) is 0 Å². The third kappa shape index (κ3) is 2.54. The lowest BCUT2D eigenvalue weighted by atomic mass is 10.1. The third-order valence-corrected chi connectivity index (χ3v) is 2.16. The molecule has 9 heteroatoms. The van der Waals surface area contributed by atoms with Crippen LogP contribution in [0.5, 0.6) is 0 Å². The molecule has 19 heavy (non-hydrogen) atoms. The molecule has 0 atom stereocenters. The number of benzene rings is 1. The lowest BCUT2D eigenvalue weighted by Gasteiger charge is -2.00. The molecule has 0 saturated heterocycles. The lowest BCUT2D eigenvalue weighted by Crippen LogP contribution is -2.11. The Morgan fingerprint density at radius 1 is 1.32 bits per heavy atom. The van der Waals surface area contributed by atoms with Gasteiger partial charge in [-0.15, -0.1) is 0 Å². The summed E-state index contributed by atoms with van der Waals surface area (Å²) in [5.41, 5.74) is 4.47. The summed E-state index contributed by atoms with van der Waals surface area (Å²) >= 11 is 0. The maximum Gasteiger partial charge on any atom is 0.471 e. The second-order valence-corrected chi connectivity index (χ2v) is 3.48. The summed E-state index contributed by atoms with van der Waals surface area (Å²) in [4.78, 5) is 13.8. The quantitative estimate of drug-likeness (QED) is 0.850. The fourth-order valence-electron chi connectivity index (χ4n) is 1.30. The van der Waals surface area contributed by atoms with E-state index in [1.807, 2.05) is 0 Å². The maximum atomic E-state index is 13.6. The number of alkyl halides is 3. The van der Waals surface area contributed by atoms with E-state index in [1.165, 1.54) is 0 Å². The summed E-state index contributed by atoms with van der Waals surface area (Å²) in [6, 6.07) is 2.96. The number of hydrogen-bond donors (Lipinski definition) is 1. The molecule has 0 aliphatic rings. The van der Waals surface area contributed by atoms with Crippen molar-refractivity contribution in [1.82, 2.24) is 10.1 Å². The fourth-order valence-corrected chi connectivity index (χ4v) is 1.30. The monoisotopic (exact) mass is 275 g/mol. The van der Waals surface area contributed by atoms with Gasteiger partial charge in [0.2, 0.25) is 11.7 Å². The molecule has 1 aromatic carbocycles. The zero-order valence-electron chi connectivity index (χ0n) is 9.03. The summed E-state index contributed by atoms with van der Waals surface area (Å²) in [7, 11) is 0. The van der Waals surface area contributed by atoms with Gasteiger partial charge in [0.1, 0.15) is 5.82 Å². The number of carbonyl (C=O) groups excluding carboxylic acids is 1. The van der Waals surface area contributed by atoms with Crippen molar-refractivity contribution < 1.29 is 26.9 Å². The minimum Gasteiger partial charge on any atom is -0.366 e. The van der Waals surface area contributed by atoms with Crippen LogP contribution in [0.2, 0.25) is 0 Å². The minimum atomic E-state index is -4.81. The second kappa shape index (κ2) is 4.34. The number of primary amides is 1. The number of hydrogen-bond acceptors (Lipinski definition) is 4. The van der Waals surface area contributed by atoms with Crippen LogP contribution in [0, 0.1) is 5.82 Å². The van der Waals surface area contributed by atoms with Gasteiger partial charge in [-0.05, 0) is 18.2 Å². The predicted molar refractivity (Wildman–Crippen MR) is 53.2 cm³/mol. The molecule has 1 aromatic heterocycles. The second-order valence-electron chi connectivity index (χ2n) is 3.48. The highest BCUT2D eigenvalue weighted by Crippen LogP contribution is 2.30. The van der Waals surface area contributed by atoms with Crippen molar-refractivity contribution in [2.24, 2.45) is 5.73 Å². The van der Waals surface area contributed by atoms with E-state index >= 15 is 0 Å². The van der Waals surface area contributed by atoms with Crippen molar-refractivity contribution in [1.29, 1.82) is 0 Å². The van der Waals surface area contributed by atoms with Gasteiger partial charge in [-0.25, -0.2) is 4.39 Å². The largest absolute Gasteiger partial charge is 0.471 e. The molecule has 1 heterocycles. The van der Waals surface area contributed by atoms with Crippen LogP contribution in [0.15, 0.2) is 22.7 Å². The zero-order valence-corrected chi connectivity index (χ0v) is 9.03. The summed E-state index contributed by atoms with van der Waals surface area (Å²) in [6.45, 7) is 0. The summed E-state index contributed by atoms with van der Waals surface area (Å²) in [5.74, 6) is -4.00. The van der Waals surface area contributed by atoms with Crippen LogP contribution in [0.1, 0.15) is 16.2 Å². The molecular weight excluding hydrogens is 270 g/mol. The van der Waals surface area contributed by atoms with Crippen molar-refractivity contribution in [2.75, 3.05) is 0 Å². The molecule has 2 rings (SSSR count). The van der Waals surface area contributed by atoms with E-state index in [2.05, 4.69) is 14.7 Å². The van der Waals surface area contributed by atoms with Gasteiger partial charge >= 0.3 is 12.1 Å². The Bertz CT molecular complexity index is 636. The topological polar surface area (TPSA) is 82.0 Å². The van der Waals surface area contributed by atoms with Gasteiger partial charge in [0.05, 0.1) is 5.56 Å². The summed E-state index contributed by atoms with van der Waals surface area (Å²) < 4.78 is 54.3. The number of amides is 1. The Labute approximate surface area is 103 Å². The Morgan fingerprint density at radius 3 is 2.47 bits per heavy atom. The molecule has 2 aromatic rings. The van der Waals surface area contributed by atoms with Crippen LogP contribution < -0.4 is 5.73 Å². The Balaban J connectivity index is 2.43. The Morgan fingerprint density at radius 2 is 2.00 bits per heavy atom. The zero-order chi connectivity index (χ0) is 14.2. The fraction of sp³-hybridized carbons (Fsp3) is 0.100. The Kier molecular flexibility index (Phi) is 2.97. The smallest absolute Gasteiger partial charge is 0.366 e. The molecule has 100 valence electrons.